The van der Waals surface area contributed by atoms with Crippen molar-refractivity contribution < 1.29 is 9.53 Å². The van der Waals surface area contributed by atoms with Gasteiger partial charge in [-0.3, -0.25) is 0 Å². The van der Waals surface area contributed by atoms with Gasteiger partial charge in [-0.15, -0.1) is 0 Å². The molecule has 0 atom stereocenters. The van der Waals surface area contributed by atoms with Crippen LogP contribution in [0, 0.1) is 6.92 Å². The number of pyridine rings is 1. The van der Waals surface area contributed by atoms with Crippen molar-refractivity contribution >= 4 is 35.0 Å². The number of aryl methyl sites for hydroxylation is 1. The van der Waals surface area contributed by atoms with Gasteiger partial charge in [0, 0.05) is 24.6 Å². The average Bonchev–Trinajstić information content (AvgIpc) is 3.39. The van der Waals surface area contributed by atoms with Gasteiger partial charge in [-0.05, 0) is 37.5 Å². The molecule has 6 nitrogen and oxygen atoms in total. The molecule has 132 valence electrons. The van der Waals surface area contributed by atoms with E-state index in [4.69, 9.17) is 27.9 Å². The first-order valence-electron chi connectivity index (χ1n) is 8.00. The number of carbonyl (C=O) groups excluding carboxylic acids is 1. The molecule has 2 aromatic rings. The van der Waals surface area contributed by atoms with Crippen molar-refractivity contribution in [1.29, 1.82) is 0 Å². The number of rotatable bonds is 6. The summed E-state index contributed by atoms with van der Waals surface area (Å²) in [6.07, 6.45) is 2.69. The maximum absolute atomic E-state index is 11.9. The molecule has 0 unspecified atom stereocenters. The van der Waals surface area contributed by atoms with E-state index in [1.54, 1.807) is 0 Å². The van der Waals surface area contributed by atoms with Gasteiger partial charge in [-0.1, -0.05) is 23.2 Å². The molecule has 1 aliphatic rings. The van der Waals surface area contributed by atoms with Gasteiger partial charge in [0.25, 0.3) is 0 Å². The number of methoxy groups -OCH3 is 1. The van der Waals surface area contributed by atoms with E-state index in [-0.39, 0.29) is 10.7 Å². The molecule has 0 aliphatic heterocycles. The lowest BCUT2D eigenvalue weighted by Gasteiger charge is -2.12. The van der Waals surface area contributed by atoms with Crippen LogP contribution in [0.4, 0.5) is 5.82 Å². The Balaban J connectivity index is 1.76. The van der Waals surface area contributed by atoms with Crippen LogP contribution >= 0.6 is 23.2 Å². The van der Waals surface area contributed by atoms with Crippen molar-refractivity contribution in [2.75, 3.05) is 19.0 Å². The van der Waals surface area contributed by atoms with Crippen molar-refractivity contribution in [1.82, 2.24) is 15.0 Å². The van der Waals surface area contributed by atoms with E-state index >= 15 is 0 Å². The lowest BCUT2D eigenvalue weighted by Crippen LogP contribution is -2.14. The summed E-state index contributed by atoms with van der Waals surface area (Å²) in [5.74, 6) is 0.796. The fourth-order valence-electron chi connectivity index (χ4n) is 2.47. The van der Waals surface area contributed by atoms with E-state index in [9.17, 15) is 4.79 Å². The maximum atomic E-state index is 11.9. The van der Waals surface area contributed by atoms with Crippen molar-refractivity contribution in [2.45, 2.75) is 32.1 Å². The molecule has 1 aliphatic carbocycles. The standard InChI is InChI=1S/C17H18Cl2N4O2/c1-9-7-11(21-12(18)8-9)5-6-20-16-13(19)14(17(24)25-2)22-15(23-16)10-3-4-10/h7-8,10H,3-6H2,1-2H3,(H,20,22,23). The summed E-state index contributed by atoms with van der Waals surface area (Å²) in [6.45, 7) is 2.52. The number of nitrogens with one attached hydrogen (secondary N) is 1. The molecule has 0 amide bonds. The van der Waals surface area contributed by atoms with Crippen molar-refractivity contribution in [3.63, 3.8) is 0 Å². The smallest absolute Gasteiger partial charge is 0.358 e. The SMILES string of the molecule is COC(=O)c1nc(C2CC2)nc(NCCc2cc(C)cc(Cl)n2)c1Cl. The quantitative estimate of drug-likeness (QED) is 0.606. The third-order valence-electron chi connectivity index (χ3n) is 3.85. The number of carbonyl (C=O) groups is 1. The van der Waals surface area contributed by atoms with Crippen LogP contribution < -0.4 is 5.32 Å². The Kier molecular flexibility index (Phi) is 5.39. The highest BCUT2D eigenvalue weighted by Gasteiger charge is 2.30. The fourth-order valence-corrected chi connectivity index (χ4v) is 2.98. The summed E-state index contributed by atoms with van der Waals surface area (Å²) in [5.41, 5.74) is 2.03. The summed E-state index contributed by atoms with van der Waals surface area (Å²) in [5, 5.41) is 3.81. The van der Waals surface area contributed by atoms with Gasteiger partial charge < -0.3 is 10.1 Å². The zero-order valence-corrected chi connectivity index (χ0v) is 15.5. The monoisotopic (exact) mass is 380 g/mol. The van der Waals surface area contributed by atoms with E-state index in [0.717, 1.165) is 24.1 Å². The third kappa shape index (κ3) is 4.38. The predicted molar refractivity (Wildman–Crippen MR) is 96.5 cm³/mol. The number of anilines is 1. The minimum absolute atomic E-state index is 0.0975. The molecule has 0 bridgehead atoms. The average molecular weight is 381 g/mol. The van der Waals surface area contributed by atoms with Gasteiger partial charge in [0.1, 0.15) is 21.8 Å². The van der Waals surface area contributed by atoms with Crippen LogP contribution in [0.1, 0.15) is 46.3 Å². The minimum atomic E-state index is -0.565. The van der Waals surface area contributed by atoms with Crippen LogP contribution in [0.5, 0.6) is 0 Å². The van der Waals surface area contributed by atoms with Gasteiger partial charge >= 0.3 is 5.97 Å². The normalized spacial score (nSPS) is 13.6. The van der Waals surface area contributed by atoms with E-state index in [2.05, 4.69) is 20.3 Å². The van der Waals surface area contributed by atoms with Gasteiger partial charge in [-0.2, -0.15) is 0 Å². The lowest BCUT2D eigenvalue weighted by molar-refractivity contribution is 0.0593. The second kappa shape index (κ2) is 7.54. The Morgan fingerprint density at radius 2 is 2.04 bits per heavy atom. The fraction of sp³-hybridized carbons (Fsp3) is 0.412. The number of hydrogen-bond acceptors (Lipinski definition) is 6. The molecular formula is C17H18Cl2N4O2. The zero-order valence-electron chi connectivity index (χ0n) is 14.0. The molecule has 0 radical (unpaired) electrons. The molecule has 0 spiro atoms. The highest BCUT2D eigenvalue weighted by molar-refractivity contribution is 6.35. The highest BCUT2D eigenvalue weighted by Crippen LogP contribution is 2.39. The molecular weight excluding hydrogens is 363 g/mol. The van der Waals surface area contributed by atoms with E-state index in [1.165, 1.54) is 7.11 Å². The highest BCUT2D eigenvalue weighted by atomic mass is 35.5. The predicted octanol–water partition coefficient (Wildman–Crippen LogP) is 3.81. The second-order valence-corrected chi connectivity index (χ2v) is 6.76. The molecule has 8 heteroatoms. The summed E-state index contributed by atoms with van der Waals surface area (Å²) < 4.78 is 4.76. The van der Waals surface area contributed by atoms with Crippen molar-refractivity contribution in [3.8, 4) is 0 Å². The Morgan fingerprint density at radius 3 is 2.68 bits per heavy atom. The first kappa shape index (κ1) is 17.9. The maximum Gasteiger partial charge on any atom is 0.358 e. The van der Waals surface area contributed by atoms with Crippen LogP contribution in [0.3, 0.4) is 0 Å². The topological polar surface area (TPSA) is 77.0 Å². The molecule has 1 saturated carbocycles. The largest absolute Gasteiger partial charge is 0.464 e. The molecule has 1 N–H and O–H groups in total. The Bertz CT molecular complexity index is 789. The van der Waals surface area contributed by atoms with Crippen LogP contribution in [-0.2, 0) is 11.2 Å². The molecule has 2 heterocycles. The van der Waals surface area contributed by atoms with Crippen molar-refractivity contribution in [2.24, 2.45) is 0 Å². The lowest BCUT2D eigenvalue weighted by atomic mass is 10.2. The molecule has 2 aromatic heterocycles. The first-order chi connectivity index (χ1) is 12.0. The first-order valence-corrected chi connectivity index (χ1v) is 8.76. The molecule has 1 fully saturated rings. The Morgan fingerprint density at radius 1 is 1.28 bits per heavy atom. The Hall–Kier alpha value is -1.92. The molecule has 0 saturated heterocycles. The van der Waals surface area contributed by atoms with Crippen LogP contribution in [0.15, 0.2) is 12.1 Å². The summed E-state index contributed by atoms with van der Waals surface area (Å²) >= 11 is 12.3. The summed E-state index contributed by atoms with van der Waals surface area (Å²) in [4.78, 5) is 24.9. The van der Waals surface area contributed by atoms with Gasteiger partial charge in [0.15, 0.2) is 5.69 Å². The van der Waals surface area contributed by atoms with Crippen LogP contribution in [0.2, 0.25) is 10.2 Å². The molecule has 25 heavy (non-hydrogen) atoms. The number of halogens is 2. The summed E-state index contributed by atoms with van der Waals surface area (Å²) in [7, 11) is 1.30. The summed E-state index contributed by atoms with van der Waals surface area (Å²) in [6, 6.07) is 3.79. The number of hydrogen-bond donors (Lipinski definition) is 1. The van der Waals surface area contributed by atoms with Gasteiger partial charge in [-0.25, -0.2) is 19.7 Å². The number of esters is 1. The second-order valence-electron chi connectivity index (χ2n) is 5.99. The molecule has 3 rings (SSSR count). The van der Waals surface area contributed by atoms with E-state index in [0.29, 0.717) is 35.7 Å². The van der Waals surface area contributed by atoms with Gasteiger partial charge in [0.2, 0.25) is 0 Å². The van der Waals surface area contributed by atoms with E-state index < -0.39 is 5.97 Å². The minimum Gasteiger partial charge on any atom is -0.464 e. The number of nitrogens with zero attached hydrogens (tertiary/aromatic N) is 3. The van der Waals surface area contributed by atoms with Crippen LogP contribution in [0.25, 0.3) is 0 Å². The van der Waals surface area contributed by atoms with Gasteiger partial charge in [0.05, 0.1) is 7.11 Å². The molecule has 0 aromatic carbocycles. The number of ether oxygens (including phenoxy) is 1. The third-order valence-corrected chi connectivity index (χ3v) is 4.41. The zero-order chi connectivity index (χ0) is 18.0. The van der Waals surface area contributed by atoms with E-state index in [1.807, 2.05) is 19.1 Å². The van der Waals surface area contributed by atoms with Crippen LogP contribution in [-0.4, -0.2) is 34.6 Å². The number of aromatic nitrogens is 3. The van der Waals surface area contributed by atoms with Crippen molar-refractivity contribution in [3.05, 3.63) is 45.1 Å². The Labute approximate surface area is 155 Å².